The van der Waals surface area contributed by atoms with Crippen LogP contribution in [0.1, 0.15) is 18.4 Å². The van der Waals surface area contributed by atoms with Gasteiger partial charge in [0.25, 0.3) is 5.91 Å². The van der Waals surface area contributed by atoms with Crippen LogP contribution in [0.2, 0.25) is 0 Å². The second-order valence-corrected chi connectivity index (χ2v) is 4.56. The van der Waals surface area contributed by atoms with Crippen molar-refractivity contribution in [2.45, 2.75) is 12.8 Å². The molecule has 0 saturated carbocycles. The first kappa shape index (κ1) is 11.6. The van der Waals surface area contributed by atoms with Gasteiger partial charge in [-0.3, -0.25) is 14.5 Å². The summed E-state index contributed by atoms with van der Waals surface area (Å²) < 4.78 is 0. The molecule has 2 amide bonds. The molecule has 2 heterocycles. The van der Waals surface area contributed by atoms with Crippen LogP contribution in [0, 0.1) is 0 Å². The summed E-state index contributed by atoms with van der Waals surface area (Å²) in [6.45, 7) is 1.90. The summed E-state index contributed by atoms with van der Waals surface area (Å²) in [5, 5.41) is 0. The molecule has 4 heteroatoms. The number of carbonyl (C=O) groups is 2. The second-order valence-electron chi connectivity index (χ2n) is 4.56. The molecule has 0 saturated heterocycles. The zero-order chi connectivity index (χ0) is 13.4. The third-order valence-corrected chi connectivity index (χ3v) is 3.18. The maximum absolute atomic E-state index is 12.4. The quantitative estimate of drug-likeness (QED) is 0.718. The summed E-state index contributed by atoms with van der Waals surface area (Å²) in [7, 11) is 0. The van der Waals surface area contributed by atoms with Crippen molar-refractivity contribution in [2.75, 3.05) is 0 Å². The Labute approximate surface area is 110 Å². The normalized spacial score (nSPS) is 21.9. The first-order chi connectivity index (χ1) is 9.16. The molecule has 1 atom stereocenters. The van der Waals surface area contributed by atoms with E-state index in [0.717, 1.165) is 5.57 Å². The number of amidine groups is 1. The van der Waals surface area contributed by atoms with Crippen LogP contribution in [0.3, 0.4) is 0 Å². The predicted octanol–water partition coefficient (Wildman–Crippen LogP) is 2.01. The van der Waals surface area contributed by atoms with Gasteiger partial charge in [-0.15, -0.1) is 0 Å². The molecule has 2 aliphatic rings. The van der Waals surface area contributed by atoms with Crippen LogP contribution in [0.5, 0.6) is 0 Å². The molecule has 0 aromatic heterocycles. The molecular weight excluding hydrogens is 240 g/mol. The molecule has 2 aliphatic heterocycles. The molecule has 94 valence electrons. The Hall–Kier alpha value is -2.49. The van der Waals surface area contributed by atoms with E-state index in [4.69, 9.17) is 0 Å². The number of amides is 2. The van der Waals surface area contributed by atoms with Crippen molar-refractivity contribution in [1.29, 1.82) is 0 Å². The third kappa shape index (κ3) is 1.91. The van der Waals surface area contributed by atoms with Crippen molar-refractivity contribution >= 4 is 17.6 Å². The average Bonchev–Trinajstić information content (AvgIpc) is 2.39. The van der Waals surface area contributed by atoms with Crippen molar-refractivity contribution in [3.05, 3.63) is 59.8 Å². The summed E-state index contributed by atoms with van der Waals surface area (Å²) in [6.07, 6.45) is 5.23. The molecule has 19 heavy (non-hydrogen) atoms. The average molecular weight is 252 g/mol. The van der Waals surface area contributed by atoms with E-state index in [1.807, 2.05) is 31.2 Å². The van der Waals surface area contributed by atoms with Gasteiger partial charge >= 0.3 is 0 Å². The summed E-state index contributed by atoms with van der Waals surface area (Å²) in [6, 6.07) is 9.02. The minimum Gasteiger partial charge on any atom is -0.273 e. The minimum atomic E-state index is -0.832. The Morgan fingerprint density at radius 3 is 2.63 bits per heavy atom. The van der Waals surface area contributed by atoms with Gasteiger partial charge in [0.15, 0.2) is 0 Å². The highest BCUT2D eigenvalue weighted by molar-refractivity contribution is 6.22. The molecule has 0 radical (unpaired) electrons. The molecule has 3 rings (SSSR count). The van der Waals surface area contributed by atoms with E-state index in [1.165, 1.54) is 4.90 Å². The van der Waals surface area contributed by atoms with Crippen molar-refractivity contribution < 1.29 is 9.59 Å². The highest BCUT2D eigenvalue weighted by atomic mass is 16.2. The molecule has 0 fully saturated rings. The maximum Gasteiger partial charge on any atom is 0.264 e. The standard InChI is InChI=1S/C15H12N2O2/c1-10-7-8-17-12(9-10)16-14(18)13(15(17)19)11-5-3-2-4-6-11/h2-9,13H,1H3. The Bertz CT molecular complexity index is 641. The van der Waals surface area contributed by atoms with Gasteiger partial charge in [-0.1, -0.05) is 30.3 Å². The van der Waals surface area contributed by atoms with E-state index in [1.54, 1.807) is 24.4 Å². The second kappa shape index (κ2) is 4.31. The van der Waals surface area contributed by atoms with Crippen LogP contribution in [0.4, 0.5) is 0 Å². The lowest BCUT2D eigenvalue weighted by Gasteiger charge is -2.29. The number of rotatable bonds is 1. The number of carbonyl (C=O) groups excluding carboxylic acids is 2. The molecule has 0 N–H and O–H groups in total. The van der Waals surface area contributed by atoms with Gasteiger partial charge in [-0.25, -0.2) is 0 Å². The Morgan fingerprint density at radius 2 is 1.89 bits per heavy atom. The molecule has 0 aliphatic carbocycles. The SMILES string of the molecule is CC1=CC2=NC(=O)C(c3ccccc3)C(=O)N2C=C1. The summed E-state index contributed by atoms with van der Waals surface area (Å²) in [5.74, 6) is -1.08. The highest BCUT2D eigenvalue weighted by Gasteiger charge is 2.37. The molecule has 4 nitrogen and oxygen atoms in total. The van der Waals surface area contributed by atoms with E-state index in [0.29, 0.717) is 11.4 Å². The monoisotopic (exact) mass is 252 g/mol. The minimum absolute atomic E-state index is 0.249. The first-order valence-corrected chi connectivity index (χ1v) is 6.04. The zero-order valence-electron chi connectivity index (χ0n) is 10.4. The van der Waals surface area contributed by atoms with Gasteiger partial charge in [0, 0.05) is 6.20 Å². The van der Waals surface area contributed by atoms with Gasteiger partial charge in [0.1, 0.15) is 11.8 Å². The van der Waals surface area contributed by atoms with Gasteiger partial charge < -0.3 is 0 Å². The number of aliphatic imine (C=N–C) groups is 1. The van der Waals surface area contributed by atoms with Gasteiger partial charge in [-0.2, -0.15) is 4.99 Å². The predicted molar refractivity (Wildman–Crippen MR) is 71.4 cm³/mol. The van der Waals surface area contributed by atoms with Gasteiger partial charge in [0.05, 0.1) is 0 Å². The van der Waals surface area contributed by atoms with Crippen molar-refractivity contribution in [2.24, 2.45) is 4.99 Å². The third-order valence-electron chi connectivity index (χ3n) is 3.18. The molecule has 1 aromatic rings. The van der Waals surface area contributed by atoms with Crippen molar-refractivity contribution in [3.63, 3.8) is 0 Å². The van der Waals surface area contributed by atoms with Gasteiger partial charge in [0.2, 0.25) is 5.91 Å². The van der Waals surface area contributed by atoms with Crippen LogP contribution in [-0.4, -0.2) is 22.5 Å². The van der Waals surface area contributed by atoms with Crippen molar-refractivity contribution in [3.8, 4) is 0 Å². The largest absolute Gasteiger partial charge is 0.273 e. The zero-order valence-corrected chi connectivity index (χ0v) is 10.4. The van der Waals surface area contributed by atoms with E-state index < -0.39 is 11.8 Å². The van der Waals surface area contributed by atoms with Crippen molar-refractivity contribution in [1.82, 2.24) is 4.90 Å². The molecule has 0 spiro atoms. The van der Waals surface area contributed by atoms with Crippen LogP contribution in [-0.2, 0) is 9.59 Å². The highest BCUT2D eigenvalue weighted by Crippen LogP contribution is 2.26. The molecule has 0 bridgehead atoms. The molecular formula is C15H12N2O2. The number of hydrogen-bond acceptors (Lipinski definition) is 2. The fraction of sp³-hybridized carbons (Fsp3) is 0.133. The van der Waals surface area contributed by atoms with Crippen LogP contribution < -0.4 is 0 Å². The number of nitrogens with zero attached hydrogens (tertiary/aromatic N) is 2. The summed E-state index contributed by atoms with van der Waals surface area (Å²) in [5.41, 5.74) is 1.65. The first-order valence-electron chi connectivity index (χ1n) is 6.04. The summed E-state index contributed by atoms with van der Waals surface area (Å²) in [4.78, 5) is 30.0. The number of allylic oxidation sites excluding steroid dienone is 2. The van der Waals surface area contributed by atoms with E-state index in [-0.39, 0.29) is 5.91 Å². The lowest BCUT2D eigenvalue weighted by molar-refractivity contribution is -0.134. The molecule has 1 unspecified atom stereocenters. The number of fused-ring (bicyclic) bond motifs is 1. The Kier molecular flexibility index (Phi) is 2.63. The smallest absolute Gasteiger partial charge is 0.264 e. The van der Waals surface area contributed by atoms with E-state index in [2.05, 4.69) is 4.99 Å². The fourth-order valence-corrected chi connectivity index (χ4v) is 2.22. The lowest BCUT2D eigenvalue weighted by atomic mass is 9.95. The Morgan fingerprint density at radius 1 is 1.16 bits per heavy atom. The number of benzene rings is 1. The fourth-order valence-electron chi connectivity index (χ4n) is 2.22. The molecule has 1 aromatic carbocycles. The van der Waals surface area contributed by atoms with Crippen LogP contribution in [0.25, 0.3) is 0 Å². The van der Waals surface area contributed by atoms with Gasteiger partial charge in [-0.05, 0) is 30.2 Å². The van der Waals surface area contributed by atoms with Crippen LogP contribution >= 0.6 is 0 Å². The topological polar surface area (TPSA) is 49.7 Å². The lowest BCUT2D eigenvalue weighted by Crippen LogP contribution is -2.43. The Balaban J connectivity index is 2.05. The maximum atomic E-state index is 12.4. The van der Waals surface area contributed by atoms with E-state index in [9.17, 15) is 9.59 Å². The number of hydrogen-bond donors (Lipinski definition) is 0. The van der Waals surface area contributed by atoms with E-state index >= 15 is 0 Å². The summed E-state index contributed by atoms with van der Waals surface area (Å²) >= 11 is 0. The van der Waals surface area contributed by atoms with Crippen LogP contribution in [0.15, 0.2) is 59.2 Å².